The summed E-state index contributed by atoms with van der Waals surface area (Å²) in [6.07, 6.45) is 3.10. The first-order valence-corrected chi connectivity index (χ1v) is 10.9. The number of rotatable bonds is 10. The Bertz CT molecular complexity index is 1040. The van der Waals surface area contributed by atoms with Gasteiger partial charge in [0.2, 0.25) is 5.88 Å². The van der Waals surface area contributed by atoms with E-state index in [0.717, 1.165) is 22.9 Å². The summed E-state index contributed by atoms with van der Waals surface area (Å²) in [6, 6.07) is 20.4. The predicted molar refractivity (Wildman–Crippen MR) is 127 cm³/mol. The molecule has 0 aliphatic rings. The van der Waals surface area contributed by atoms with Crippen LogP contribution in [0.2, 0.25) is 0 Å². The first-order chi connectivity index (χ1) is 16.1. The lowest BCUT2D eigenvalue weighted by molar-refractivity contribution is -0.123. The number of nitrogens with zero attached hydrogens (tertiary/aromatic N) is 4. The van der Waals surface area contributed by atoms with Crippen molar-refractivity contribution in [3.05, 3.63) is 83.6 Å². The van der Waals surface area contributed by atoms with Gasteiger partial charge in [0.05, 0.1) is 18.2 Å². The number of benzene rings is 2. The Kier molecular flexibility index (Phi) is 9.10. The highest BCUT2D eigenvalue weighted by molar-refractivity contribution is 7.99. The molecular formula is C23H22N6O3S. The zero-order chi connectivity index (χ0) is 23.3. The molecule has 0 radical (unpaired) electrons. The van der Waals surface area contributed by atoms with Gasteiger partial charge in [-0.3, -0.25) is 9.59 Å². The Hall–Kier alpha value is -4.05. The highest BCUT2D eigenvalue weighted by Crippen LogP contribution is 2.17. The average Bonchev–Trinajstić information content (AvgIpc) is 2.82. The molecule has 0 bridgehead atoms. The lowest BCUT2D eigenvalue weighted by Crippen LogP contribution is -2.25. The lowest BCUT2D eigenvalue weighted by Gasteiger charge is -2.07. The molecule has 1 aromatic heterocycles. The Morgan fingerprint density at radius 2 is 1.48 bits per heavy atom. The SMILES string of the molecule is Cc1cc(OCC(=O)NN=Cc2ccccc2)nc(SCC(=O)NN=Cc2ccccc2)n1. The molecule has 1 heterocycles. The fraction of sp³-hybridized carbons (Fsp3) is 0.130. The first-order valence-electron chi connectivity index (χ1n) is 9.94. The van der Waals surface area contributed by atoms with Gasteiger partial charge in [0.15, 0.2) is 11.8 Å². The molecule has 2 N–H and O–H groups in total. The molecule has 33 heavy (non-hydrogen) atoms. The maximum Gasteiger partial charge on any atom is 0.278 e. The number of carbonyl (C=O) groups is 2. The molecule has 0 spiro atoms. The van der Waals surface area contributed by atoms with Gasteiger partial charge in [-0.05, 0) is 18.1 Å². The maximum atomic E-state index is 12.0. The van der Waals surface area contributed by atoms with Crippen LogP contribution in [0, 0.1) is 6.92 Å². The van der Waals surface area contributed by atoms with Crippen molar-refractivity contribution in [2.45, 2.75) is 12.1 Å². The van der Waals surface area contributed by atoms with Crippen molar-refractivity contribution in [1.82, 2.24) is 20.8 Å². The van der Waals surface area contributed by atoms with Crippen molar-refractivity contribution < 1.29 is 14.3 Å². The van der Waals surface area contributed by atoms with E-state index in [1.54, 1.807) is 19.2 Å². The number of ether oxygens (including phenoxy) is 1. The number of amides is 2. The molecule has 9 nitrogen and oxygen atoms in total. The highest BCUT2D eigenvalue weighted by Gasteiger charge is 2.09. The number of hydrazone groups is 2. The Balaban J connectivity index is 1.43. The summed E-state index contributed by atoms with van der Waals surface area (Å²) in [5.41, 5.74) is 7.24. The van der Waals surface area contributed by atoms with Gasteiger partial charge in [-0.25, -0.2) is 15.8 Å². The average molecular weight is 463 g/mol. The second kappa shape index (κ2) is 12.7. The van der Waals surface area contributed by atoms with E-state index in [0.29, 0.717) is 10.9 Å². The van der Waals surface area contributed by atoms with Gasteiger partial charge in [-0.15, -0.1) is 0 Å². The summed E-state index contributed by atoms with van der Waals surface area (Å²) in [5, 5.41) is 8.16. The van der Waals surface area contributed by atoms with Gasteiger partial charge in [0.1, 0.15) is 0 Å². The van der Waals surface area contributed by atoms with Gasteiger partial charge in [-0.1, -0.05) is 72.4 Å². The number of carbonyl (C=O) groups excluding carboxylic acids is 2. The van der Waals surface area contributed by atoms with Crippen LogP contribution in [-0.2, 0) is 9.59 Å². The smallest absolute Gasteiger partial charge is 0.278 e. The second-order valence-corrected chi connectivity index (χ2v) is 7.56. The van der Waals surface area contributed by atoms with Gasteiger partial charge < -0.3 is 4.74 Å². The van der Waals surface area contributed by atoms with Crippen LogP contribution >= 0.6 is 11.8 Å². The van der Waals surface area contributed by atoms with Crippen LogP contribution in [0.15, 0.2) is 82.1 Å². The van der Waals surface area contributed by atoms with E-state index >= 15 is 0 Å². The highest BCUT2D eigenvalue weighted by atomic mass is 32.2. The molecule has 2 amide bonds. The molecule has 3 rings (SSSR count). The van der Waals surface area contributed by atoms with Crippen LogP contribution in [-0.4, -0.2) is 46.6 Å². The van der Waals surface area contributed by atoms with Crippen LogP contribution < -0.4 is 15.6 Å². The molecule has 0 aliphatic carbocycles. The molecule has 3 aromatic rings. The Morgan fingerprint density at radius 3 is 2.09 bits per heavy atom. The third kappa shape index (κ3) is 8.91. The summed E-state index contributed by atoms with van der Waals surface area (Å²) in [7, 11) is 0. The molecule has 0 saturated carbocycles. The molecule has 0 fully saturated rings. The normalized spacial score (nSPS) is 10.9. The van der Waals surface area contributed by atoms with Gasteiger partial charge >= 0.3 is 0 Å². The van der Waals surface area contributed by atoms with Gasteiger partial charge in [0.25, 0.3) is 11.8 Å². The fourth-order valence-electron chi connectivity index (χ4n) is 2.42. The Labute approximate surface area is 195 Å². The molecule has 0 atom stereocenters. The maximum absolute atomic E-state index is 12.0. The summed E-state index contributed by atoms with van der Waals surface area (Å²) in [5.74, 6) is -0.419. The first kappa shape index (κ1) is 23.6. The van der Waals surface area contributed by atoms with Crippen molar-refractivity contribution in [3.63, 3.8) is 0 Å². The number of aromatic nitrogens is 2. The summed E-state index contributed by atoms with van der Waals surface area (Å²) < 4.78 is 5.44. The van der Waals surface area contributed by atoms with Crippen LogP contribution in [0.25, 0.3) is 0 Å². The molecule has 0 saturated heterocycles. The molecular weight excluding hydrogens is 440 g/mol. The van der Waals surface area contributed by atoms with Crippen LogP contribution in [0.3, 0.4) is 0 Å². The van der Waals surface area contributed by atoms with E-state index in [1.807, 2.05) is 60.7 Å². The number of aryl methyl sites for hydroxylation is 1. The Morgan fingerprint density at radius 1 is 0.909 bits per heavy atom. The van der Waals surface area contributed by atoms with Crippen molar-refractivity contribution in [2.24, 2.45) is 10.2 Å². The van der Waals surface area contributed by atoms with Crippen LogP contribution in [0.1, 0.15) is 16.8 Å². The zero-order valence-electron chi connectivity index (χ0n) is 17.8. The van der Waals surface area contributed by atoms with Crippen LogP contribution in [0.4, 0.5) is 0 Å². The standard InChI is InChI=1S/C23H22N6O3S/c1-17-12-22(32-15-20(30)28-24-13-18-8-4-2-5-9-18)27-23(26-17)33-16-21(31)29-25-14-19-10-6-3-7-11-19/h2-14H,15-16H2,1H3,(H,28,30)(H,29,31). The predicted octanol–water partition coefficient (Wildman–Crippen LogP) is 2.56. The summed E-state index contributed by atoms with van der Waals surface area (Å²) in [6.45, 7) is 1.51. The van der Waals surface area contributed by atoms with Gasteiger partial charge in [-0.2, -0.15) is 15.2 Å². The second-order valence-electron chi connectivity index (χ2n) is 6.62. The van der Waals surface area contributed by atoms with Crippen molar-refractivity contribution >= 4 is 36.0 Å². The lowest BCUT2D eigenvalue weighted by atomic mass is 10.2. The van der Waals surface area contributed by atoms with E-state index in [9.17, 15) is 9.59 Å². The number of hydrogen-bond acceptors (Lipinski definition) is 8. The third-order valence-corrected chi connectivity index (χ3v) is 4.75. The molecule has 0 unspecified atom stereocenters. The monoisotopic (exact) mass is 462 g/mol. The quantitative estimate of drug-likeness (QED) is 0.207. The number of nitrogens with one attached hydrogen (secondary N) is 2. The minimum Gasteiger partial charge on any atom is -0.467 e. The number of hydrogen-bond donors (Lipinski definition) is 2. The summed E-state index contributed by atoms with van der Waals surface area (Å²) in [4.78, 5) is 32.4. The minimum absolute atomic E-state index is 0.0731. The summed E-state index contributed by atoms with van der Waals surface area (Å²) >= 11 is 1.14. The van der Waals surface area contributed by atoms with E-state index in [2.05, 4.69) is 31.0 Å². The molecule has 0 aliphatic heterocycles. The molecule has 168 valence electrons. The van der Waals surface area contributed by atoms with Crippen molar-refractivity contribution in [3.8, 4) is 5.88 Å². The largest absolute Gasteiger partial charge is 0.467 e. The van der Waals surface area contributed by atoms with E-state index in [4.69, 9.17) is 4.74 Å². The van der Waals surface area contributed by atoms with E-state index < -0.39 is 5.91 Å². The third-order valence-electron chi connectivity index (χ3n) is 3.90. The molecule has 10 heteroatoms. The van der Waals surface area contributed by atoms with Crippen molar-refractivity contribution in [2.75, 3.05) is 12.4 Å². The fourth-order valence-corrected chi connectivity index (χ4v) is 3.11. The zero-order valence-corrected chi connectivity index (χ0v) is 18.7. The van der Waals surface area contributed by atoms with Crippen molar-refractivity contribution in [1.29, 1.82) is 0 Å². The topological polar surface area (TPSA) is 118 Å². The number of thioether (sulfide) groups is 1. The van der Waals surface area contributed by atoms with E-state index in [1.165, 1.54) is 6.21 Å². The van der Waals surface area contributed by atoms with Gasteiger partial charge in [0, 0.05) is 11.8 Å². The van der Waals surface area contributed by atoms with Crippen LogP contribution in [0.5, 0.6) is 5.88 Å². The molecule has 2 aromatic carbocycles. The minimum atomic E-state index is -0.427. The van der Waals surface area contributed by atoms with E-state index in [-0.39, 0.29) is 24.1 Å².